The van der Waals surface area contributed by atoms with Gasteiger partial charge in [-0.15, -0.1) is 0 Å². The van der Waals surface area contributed by atoms with Gasteiger partial charge >= 0.3 is 11.9 Å². The van der Waals surface area contributed by atoms with Gasteiger partial charge in [0.2, 0.25) is 6.29 Å². The van der Waals surface area contributed by atoms with E-state index in [9.17, 15) is 86.5 Å². The summed E-state index contributed by atoms with van der Waals surface area (Å²) in [6.45, 7) is 16.2. The fourth-order valence-corrected chi connectivity index (χ4v) is 18.5. The molecule has 29 heteroatoms. The van der Waals surface area contributed by atoms with E-state index in [0.717, 1.165) is 5.57 Å². The molecule has 0 unspecified atom stereocenters. The van der Waals surface area contributed by atoms with Crippen molar-refractivity contribution in [1.29, 1.82) is 0 Å². The summed E-state index contributed by atoms with van der Waals surface area (Å²) >= 11 is 0. The second kappa shape index (κ2) is 26.7. The molecule has 5 aliphatic heterocycles. The van der Waals surface area contributed by atoms with Crippen LogP contribution in [0, 0.1) is 50.2 Å². The number of aliphatic hydroxyl groups is 16. The summed E-state index contributed by atoms with van der Waals surface area (Å²) in [6, 6.07) is 0. The third kappa shape index (κ3) is 12.2. The quantitative estimate of drug-likeness (QED) is 0.0410. The summed E-state index contributed by atoms with van der Waals surface area (Å²) in [7, 11) is 0. The molecule has 5 aliphatic carbocycles. The third-order valence-corrected chi connectivity index (χ3v) is 23.9. The molecular formula is C63H102O29. The third-order valence-electron chi connectivity index (χ3n) is 23.9. The van der Waals surface area contributed by atoms with Crippen LogP contribution in [0.3, 0.4) is 0 Å². The number of rotatable bonds is 16. The zero-order valence-corrected chi connectivity index (χ0v) is 53.9. The van der Waals surface area contributed by atoms with Gasteiger partial charge in [0.25, 0.3) is 0 Å². The molecule has 92 heavy (non-hydrogen) atoms. The van der Waals surface area contributed by atoms with E-state index in [1.807, 2.05) is 6.92 Å². The number of hydrogen-bond acceptors (Lipinski definition) is 29. The lowest BCUT2D eigenvalue weighted by Crippen LogP contribution is -2.70. The minimum atomic E-state index is -2.06. The summed E-state index contributed by atoms with van der Waals surface area (Å²) < 4.78 is 66.0. The topological polar surface area (TPSA) is 459 Å². The highest BCUT2D eigenvalue weighted by atomic mass is 16.8. The summed E-state index contributed by atoms with van der Waals surface area (Å²) in [6.07, 6.45) is -39.2. The number of hydrogen-bond donors (Lipinski definition) is 16. The molecule has 4 saturated carbocycles. The van der Waals surface area contributed by atoms with E-state index in [0.29, 0.717) is 32.1 Å². The molecule has 29 nitrogen and oxygen atoms in total. The van der Waals surface area contributed by atoms with Crippen molar-refractivity contribution >= 4 is 11.9 Å². The molecule has 0 amide bonds. The first-order valence-corrected chi connectivity index (χ1v) is 32.7. The van der Waals surface area contributed by atoms with Crippen LogP contribution in [-0.2, 0) is 61.7 Å². The van der Waals surface area contributed by atoms with Crippen LogP contribution in [0.5, 0.6) is 0 Å². The molecule has 0 radical (unpaired) electrons. The predicted molar refractivity (Wildman–Crippen MR) is 310 cm³/mol. The van der Waals surface area contributed by atoms with Gasteiger partial charge in [0.05, 0.1) is 69.0 Å². The molecular weight excluding hydrogens is 1220 g/mol. The van der Waals surface area contributed by atoms with Gasteiger partial charge in [-0.05, 0) is 118 Å². The first-order chi connectivity index (χ1) is 43.0. The molecule has 16 N–H and O–H groups in total. The first kappa shape index (κ1) is 72.4. The lowest BCUT2D eigenvalue weighted by molar-refractivity contribution is -0.368. The highest BCUT2D eigenvalue weighted by Crippen LogP contribution is 2.76. The van der Waals surface area contributed by atoms with Crippen LogP contribution in [-0.4, -0.2) is 285 Å². The molecule has 5 saturated heterocycles. The van der Waals surface area contributed by atoms with Crippen molar-refractivity contribution in [2.24, 2.45) is 50.2 Å². The average molecular weight is 1320 g/mol. The van der Waals surface area contributed by atoms with Crippen molar-refractivity contribution in [3.63, 3.8) is 0 Å². The molecule has 0 bridgehead atoms. The van der Waals surface area contributed by atoms with Crippen molar-refractivity contribution < 1.29 is 143 Å². The Balaban J connectivity index is 0.899. The van der Waals surface area contributed by atoms with Gasteiger partial charge in [0, 0.05) is 5.41 Å². The molecule has 0 aromatic carbocycles. The summed E-state index contributed by atoms with van der Waals surface area (Å²) in [4.78, 5) is 28.9. The van der Waals surface area contributed by atoms with E-state index in [2.05, 4.69) is 40.7 Å². The summed E-state index contributed by atoms with van der Waals surface area (Å²) in [5.74, 6) is -2.94. The molecule has 10 rings (SSSR count). The minimum Gasteiger partial charge on any atom is -0.457 e. The van der Waals surface area contributed by atoms with Crippen LogP contribution < -0.4 is 0 Å². The van der Waals surface area contributed by atoms with Gasteiger partial charge in [-0.25, -0.2) is 0 Å². The van der Waals surface area contributed by atoms with E-state index in [-0.39, 0.29) is 36.5 Å². The number of aliphatic hydroxyl groups excluding tert-OH is 16. The molecule has 9 fully saturated rings. The molecule has 10 aliphatic rings. The maximum atomic E-state index is 15.8. The van der Waals surface area contributed by atoms with Gasteiger partial charge in [0.15, 0.2) is 37.4 Å². The van der Waals surface area contributed by atoms with Crippen LogP contribution in [0.1, 0.15) is 127 Å². The van der Waals surface area contributed by atoms with Crippen molar-refractivity contribution in [2.75, 3.05) is 19.8 Å². The SMILES string of the molecule is C[C@H](O)CC(=O)O[C@@H]1[C@H](O)[C@@H](O[C@@H]2O[C@H](C)[C@@H](O[C@@H]3O[C@H](CO)[C@H](O[C@H]4O[C@H](C)[C@@H](O)[C@H](O)[C@@H]4O)[C@H]3O)[C@H](O)[C@@H]2O)[C@H](OC(=O)[C@]23CCC(C)(C)C[C@H]2C2=CC[C@@H]4[C@@]5(C)C[C@H](O)[C@H](O[C@@H]6O[C@H](CO)[C@@H](O)[C@H](O)[C@H]6O)[C@@](C)(CO)[C@@H]5CC[C@@]4(C)[C@]2(C)C[C@H]3O)O[C@@H]1C. The number of carbonyl (C=O) groups is 2. The van der Waals surface area contributed by atoms with Crippen LogP contribution in [0.25, 0.3) is 0 Å². The fourth-order valence-electron chi connectivity index (χ4n) is 18.5. The molecule has 0 aromatic rings. The Labute approximate surface area is 534 Å². The number of allylic oxidation sites excluding steroid dienone is 2. The zero-order valence-electron chi connectivity index (χ0n) is 53.9. The Kier molecular flexibility index (Phi) is 21.0. The van der Waals surface area contributed by atoms with Crippen LogP contribution in [0.2, 0.25) is 0 Å². The highest BCUT2D eigenvalue weighted by Gasteiger charge is 2.73. The van der Waals surface area contributed by atoms with Gasteiger partial charge in [-0.3, -0.25) is 9.59 Å². The number of fused-ring (bicyclic) bond motifs is 7. The van der Waals surface area contributed by atoms with E-state index in [1.54, 1.807) is 0 Å². The van der Waals surface area contributed by atoms with E-state index >= 15 is 4.79 Å². The lowest BCUT2D eigenvalue weighted by atomic mass is 9.33. The summed E-state index contributed by atoms with van der Waals surface area (Å²) in [5, 5.41) is 178. The Morgan fingerprint density at radius 2 is 1.11 bits per heavy atom. The molecule has 36 atom stereocenters. The molecule has 0 spiro atoms. The first-order valence-electron chi connectivity index (χ1n) is 32.7. The zero-order chi connectivity index (χ0) is 67.6. The smallest absolute Gasteiger partial charge is 0.317 e. The average Bonchev–Trinajstić information content (AvgIpc) is 0.763. The van der Waals surface area contributed by atoms with Gasteiger partial charge < -0.3 is 134 Å². The van der Waals surface area contributed by atoms with Crippen LogP contribution >= 0.6 is 0 Å². The molecule has 0 aromatic heterocycles. The maximum absolute atomic E-state index is 15.8. The fraction of sp³-hybridized carbons (Fsp3) is 0.937. The monoisotopic (exact) mass is 1320 g/mol. The minimum absolute atomic E-state index is 0.0813. The molecule has 528 valence electrons. The van der Waals surface area contributed by atoms with Gasteiger partial charge in [-0.2, -0.15) is 0 Å². The number of esters is 2. The van der Waals surface area contributed by atoms with Crippen LogP contribution in [0.15, 0.2) is 11.6 Å². The summed E-state index contributed by atoms with van der Waals surface area (Å²) in [5.41, 5.74) is -4.28. The highest BCUT2D eigenvalue weighted by molar-refractivity contribution is 5.80. The van der Waals surface area contributed by atoms with Crippen molar-refractivity contribution in [2.45, 2.75) is 299 Å². The standard InChI is InChI=1S/C63H102O29/c1-24(67)17-36(70)87-48-27(4)84-56(50(45(48)79)90-53-44(78)41(75)47(26(3)83-53)88-55-46(80)49(32(22-65)86-55)89-52-42(76)39(73)37(71)25(2)82-52)92-57(81)63-16-15-58(5,6)18-29(63)28-11-12-34-59(7)19-30(68)51(91-54-43(77)40(74)38(72)31(21-64)85-54)60(8,23-66)33(59)13-14-61(34,9)62(28,10)20-35(63)69/h11,24-27,29-35,37-56,64-69,71-80H,12-23H2,1-10H3/t24-,25+,26+,27+,29-,30-,31+,32+,33+,34+,35+,37+,38+,39-,40-,41+,42-,43+,44-,45-,46+,47+,48-,49-,50+,51-,52+,53-,54-,55-,56-,59-,60-,61+,62+,63+/m0/s1. The van der Waals surface area contributed by atoms with Crippen molar-refractivity contribution in [3.8, 4) is 0 Å². The molecule has 5 heterocycles. The Hall–Kier alpha value is -2.32. The Bertz CT molecular complexity index is 2620. The van der Waals surface area contributed by atoms with Crippen molar-refractivity contribution in [3.05, 3.63) is 11.6 Å². The number of ether oxygens (including phenoxy) is 11. The van der Waals surface area contributed by atoms with E-state index in [4.69, 9.17) is 52.1 Å². The van der Waals surface area contributed by atoms with E-state index < -0.39 is 243 Å². The van der Waals surface area contributed by atoms with E-state index in [1.165, 1.54) is 27.7 Å². The normalized spacial score (nSPS) is 53.7. The van der Waals surface area contributed by atoms with Gasteiger partial charge in [0.1, 0.15) is 90.9 Å². The second-order valence-corrected chi connectivity index (χ2v) is 30.2. The Morgan fingerprint density at radius 3 is 1.74 bits per heavy atom. The van der Waals surface area contributed by atoms with Crippen molar-refractivity contribution in [1.82, 2.24) is 0 Å². The maximum Gasteiger partial charge on any atom is 0.317 e. The predicted octanol–water partition coefficient (Wildman–Crippen LogP) is -3.25. The largest absolute Gasteiger partial charge is 0.457 e. The van der Waals surface area contributed by atoms with Crippen LogP contribution in [0.4, 0.5) is 0 Å². The second-order valence-electron chi connectivity index (χ2n) is 30.2. The number of carbonyl (C=O) groups excluding carboxylic acids is 2. The Morgan fingerprint density at radius 1 is 0.554 bits per heavy atom. The lowest BCUT2D eigenvalue weighted by Gasteiger charge is -2.72. The van der Waals surface area contributed by atoms with Gasteiger partial charge in [-0.1, -0.05) is 53.2 Å².